The summed E-state index contributed by atoms with van der Waals surface area (Å²) in [5, 5.41) is 22.9. The van der Waals surface area contributed by atoms with E-state index in [1.54, 1.807) is 18.6 Å². The minimum absolute atomic E-state index is 0.138. The Hall–Kier alpha value is -2.22. The molecule has 0 amide bonds. The molecule has 7 nitrogen and oxygen atoms in total. The van der Waals surface area contributed by atoms with E-state index in [0.717, 1.165) is 23.7 Å². The predicted octanol–water partition coefficient (Wildman–Crippen LogP) is 0.969. The zero-order valence-electron chi connectivity index (χ0n) is 14.8. The number of hydrogen-bond donors (Lipinski definition) is 3. The van der Waals surface area contributed by atoms with Gasteiger partial charge in [0.05, 0.1) is 18.4 Å². The van der Waals surface area contributed by atoms with Crippen LogP contribution in [0, 0.1) is 0 Å². The SMILES string of the molecule is OCCCOc1ccc(CNCC2(O)CCN(c3cnccn3)C2)cc1. The van der Waals surface area contributed by atoms with Gasteiger partial charge in [-0.15, -0.1) is 0 Å². The van der Waals surface area contributed by atoms with Gasteiger partial charge >= 0.3 is 0 Å². The van der Waals surface area contributed by atoms with E-state index >= 15 is 0 Å². The zero-order chi connectivity index (χ0) is 18.2. The van der Waals surface area contributed by atoms with Crippen LogP contribution in [0.5, 0.6) is 5.75 Å². The number of benzene rings is 1. The van der Waals surface area contributed by atoms with Crippen molar-refractivity contribution in [2.24, 2.45) is 0 Å². The fourth-order valence-corrected chi connectivity index (χ4v) is 3.05. The molecule has 1 aromatic carbocycles. The van der Waals surface area contributed by atoms with Crippen LogP contribution in [0.15, 0.2) is 42.9 Å². The maximum absolute atomic E-state index is 10.8. The highest BCUT2D eigenvalue weighted by molar-refractivity contribution is 5.38. The van der Waals surface area contributed by atoms with Crippen LogP contribution in [-0.2, 0) is 6.54 Å². The van der Waals surface area contributed by atoms with Crippen LogP contribution in [0.4, 0.5) is 5.82 Å². The minimum atomic E-state index is -0.759. The highest BCUT2D eigenvalue weighted by atomic mass is 16.5. The summed E-state index contributed by atoms with van der Waals surface area (Å²) in [6, 6.07) is 7.86. The van der Waals surface area contributed by atoms with Crippen molar-refractivity contribution in [1.29, 1.82) is 0 Å². The van der Waals surface area contributed by atoms with Gasteiger partial charge in [0.2, 0.25) is 0 Å². The van der Waals surface area contributed by atoms with Crippen LogP contribution in [0.2, 0.25) is 0 Å². The van der Waals surface area contributed by atoms with E-state index in [1.807, 2.05) is 24.3 Å². The first-order valence-corrected chi connectivity index (χ1v) is 8.95. The number of β-amino-alcohol motifs (C(OH)–C–C–N with tert-alkyl or cyclic N) is 1. The van der Waals surface area contributed by atoms with Crippen molar-refractivity contribution in [3.05, 3.63) is 48.4 Å². The molecule has 2 aromatic rings. The minimum Gasteiger partial charge on any atom is -0.494 e. The molecule has 2 heterocycles. The second-order valence-electron chi connectivity index (χ2n) is 6.63. The molecule has 0 saturated carbocycles. The fourth-order valence-electron chi connectivity index (χ4n) is 3.05. The quantitative estimate of drug-likeness (QED) is 0.575. The lowest BCUT2D eigenvalue weighted by Crippen LogP contribution is -2.43. The van der Waals surface area contributed by atoms with Gasteiger partial charge in [0, 0.05) is 51.6 Å². The molecule has 1 saturated heterocycles. The Morgan fingerprint density at radius 3 is 2.81 bits per heavy atom. The molecular formula is C19H26N4O3. The molecule has 3 N–H and O–H groups in total. The summed E-state index contributed by atoms with van der Waals surface area (Å²) in [7, 11) is 0. The molecule has 1 atom stereocenters. The summed E-state index contributed by atoms with van der Waals surface area (Å²) < 4.78 is 5.52. The maximum atomic E-state index is 10.8. The molecule has 1 aromatic heterocycles. The number of rotatable bonds is 9. The number of aliphatic hydroxyl groups excluding tert-OH is 1. The molecule has 26 heavy (non-hydrogen) atoms. The third-order valence-corrected chi connectivity index (χ3v) is 4.48. The van der Waals surface area contributed by atoms with Crippen LogP contribution in [0.25, 0.3) is 0 Å². The Labute approximate surface area is 153 Å². The van der Waals surface area contributed by atoms with Crippen molar-refractivity contribution in [2.45, 2.75) is 25.0 Å². The van der Waals surface area contributed by atoms with Crippen LogP contribution in [-0.4, -0.2) is 58.6 Å². The van der Waals surface area contributed by atoms with Crippen LogP contribution < -0.4 is 15.0 Å². The van der Waals surface area contributed by atoms with Gasteiger partial charge in [-0.3, -0.25) is 4.98 Å². The highest BCUT2D eigenvalue weighted by Gasteiger charge is 2.36. The van der Waals surface area contributed by atoms with Crippen molar-refractivity contribution < 1.29 is 14.9 Å². The average Bonchev–Trinajstić information content (AvgIpc) is 3.06. The summed E-state index contributed by atoms with van der Waals surface area (Å²) in [6.07, 6.45) is 6.38. The number of hydrogen-bond acceptors (Lipinski definition) is 7. The molecule has 0 aliphatic carbocycles. The maximum Gasteiger partial charge on any atom is 0.147 e. The molecule has 0 radical (unpaired) electrons. The normalized spacial score (nSPS) is 19.7. The van der Waals surface area contributed by atoms with Gasteiger partial charge in [-0.2, -0.15) is 0 Å². The highest BCUT2D eigenvalue weighted by Crippen LogP contribution is 2.24. The zero-order valence-corrected chi connectivity index (χ0v) is 14.8. The lowest BCUT2D eigenvalue weighted by molar-refractivity contribution is 0.0626. The summed E-state index contributed by atoms with van der Waals surface area (Å²) in [4.78, 5) is 10.4. The van der Waals surface area contributed by atoms with Crippen molar-refractivity contribution >= 4 is 5.82 Å². The van der Waals surface area contributed by atoms with Crippen LogP contribution >= 0.6 is 0 Å². The monoisotopic (exact) mass is 358 g/mol. The largest absolute Gasteiger partial charge is 0.494 e. The second-order valence-corrected chi connectivity index (χ2v) is 6.63. The van der Waals surface area contributed by atoms with Gasteiger partial charge in [0.1, 0.15) is 11.6 Å². The molecule has 140 valence electrons. The first-order valence-electron chi connectivity index (χ1n) is 8.95. The van der Waals surface area contributed by atoms with E-state index in [1.165, 1.54) is 0 Å². The number of aliphatic hydroxyl groups is 2. The molecule has 7 heteroatoms. The Balaban J connectivity index is 1.43. The van der Waals surface area contributed by atoms with E-state index in [-0.39, 0.29) is 6.61 Å². The average molecular weight is 358 g/mol. The standard InChI is InChI=1S/C19H26N4O3/c24-10-1-11-26-17-4-2-16(3-5-17)12-21-14-19(25)6-9-23(15-19)18-13-20-7-8-22-18/h2-5,7-8,13,21,24-25H,1,6,9-12,14-15H2. The van der Waals surface area contributed by atoms with Gasteiger partial charge < -0.3 is 25.2 Å². The molecule has 1 fully saturated rings. The van der Waals surface area contributed by atoms with Gasteiger partial charge in [-0.05, 0) is 24.1 Å². The van der Waals surface area contributed by atoms with E-state index in [2.05, 4.69) is 20.2 Å². The van der Waals surface area contributed by atoms with E-state index in [4.69, 9.17) is 9.84 Å². The molecule has 1 aliphatic heterocycles. The number of aromatic nitrogens is 2. The molecule has 1 unspecified atom stereocenters. The molecule has 0 bridgehead atoms. The van der Waals surface area contributed by atoms with Gasteiger partial charge in [0.25, 0.3) is 0 Å². The fraction of sp³-hybridized carbons (Fsp3) is 0.474. The van der Waals surface area contributed by atoms with Gasteiger partial charge in [0.15, 0.2) is 0 Å². The van der Waals surface area contributed by atoms with Crippen molar-refractivity contribution in [3.63, 3.8) is 0 Å². The molecule has 3 rings (SSSR count). The Morgan fingerprint density at radius 2 is 2.08 bits per heavy atom. The molecular weight excluding hydrogens is 332 g/mol. The van der Waals surface area contributed by atoms with Gasteiger partial charge in [-0.1, -0.05) is 12.1 Å². The Kier molecular flexibility index (Phi) is 6.38. The number of nitrogens with one attached hydrogen (secondary N) is 1. The van der Waals surface area contributed by atoms with Gasteiger partial charge in [-0.25, -0.2) is 4.98 Å². The summed E-state index contributed by atoms with van der Waals surface area (Å²) in [5.41, 5.74) is 0.372. The third-order valence-electron chi connectivity index (χ3n) is 4.48. The molecule has 1 aliphatic rings. The third kappa shape index (κ3) is 5.14. The number of ether oxygens (including phenoxy) is 1. The number of anilines is 1. The van der Waals surface area contributed by atoms with Crippen molar-refractivity contribution in [2.75, 3.05) is 37.7 Å². The Morgan fingerprint density at radius 1 is 1.23 bits per heavy atom. The first-order chi connectivity index (χ1) is 12.7. The smallest absolute Gasteiger partial charge is 0.147 e. The second kappa shape index (κ2) is 8.93. The Bertz CT molecular complexity index is 668. The van der Waals surface area contributed by atoms with Crippen molar-refractivity contribution in [1.82, 2.24) is 15.3 Å². The summed E-state index contributed by atoms with van der Waals surface area (Å²) in [6.45, 7) is 3.19. The molecule has 0 spiro atoms. The van der Waals surface area contributed by atoms with E-state index < -0.39 is 5.60 Å². The van der Waals surface area contributed by atoms with Crippen LogP contribution in [0.1, 0.15) is 18.4 Å². The van der Waals surface area contributed by atoms with E-state index in [9.17, 15) is 5.11 Å². The summed E-state index contributed by atoms with van der Waals surface area (Å²) in [5.74, 6) is 1.61. The number of nitrogens with zero attached hydrogens (tertiary/aromatic N) is 3. The predicted molar refractivity (Wildman–Crippen MR) is 99.2 cm³/mol. The lowest BCUT2D eigenvalue weighted by atomic mass is 10.0. The summed E-state index contributed by atoms with van der Waals surface area (Å²) >= 11 is 0. The van der Waals surface area contributed by atoms with Crippen molar-refractivity contribution in [3.8, 4) is 5.75 Å². The first kappa shape index (κ1) is 18.6. The topological polar surface area (TPSA) is 90.7 Å². The van der Waals surface area contributed by atoms with E-state index in [0.29, 0.717) is 39.1 Å². The van der Waals surface area contributed by atoms with Crippen LogP contribution in [0.3, 0.4) is 0 Å². The lowest BCUT2D eigenvalue weighted by Gasteiger charge is -2.24.